The zero-order valence-corrected chi connectivity index (χ0v) is 14.6. The quantitative estimate of drug-likeness (QED) is 0.659. The standard InChI is InChI=1S/C17H11Cl3N4/c18-13-3-1-12(2-4-13)17(8-21,9-24-11-22-10-23-24)15-6-5-14(19)7-16(15)20/h1-7,10-11H,9H2. The molecule has 120 valence electrons. The Morgan fingerprint density at radius 2 is 1.75 bits per heavy atom. The van der Waals surface area contributed by atoms with Gasteiger partial charge >= 0.3 is 0 Å². The topological polar surface area (TPSA) is 54.5 Å². The van der Waals surface area contributed by atoms with Gasteiger partial charge < -0.3 is 0 Å². The first kappa shape index (κ1) is 16.8. The van der Waals surface area contributed by atoms with Gasteiger partial charge in [-0.1, -0.05) is 53.0 Å². The van der Waals surface area contributed by atoms with Gasteiger partial charge in [0.1, 0.15) is 18.1 Å². The number of hydrogen-bond donors (Lipinski definition) is 0. The Morgan fingerprint density at radius 1 is 1.04 bits per heavy atom. The summed E-state index contributed by atoms with van der Waals surface area (Å²) in [7, 11) is 0. The van der Waals surface area contributed by atoms with Crippen molar-refractivity contribution in [1.82, 2.24) is 14.8 Å². The van der Waals surface area contributed by atoms with Crippen molar-refractivity contribution >= 4 is 34.8 Å². The molecule has 7 heteroatoms. The van der Waals surface area contributed by atoms with Gasteiger partial charge in [-0.2, -0.15) is 10.4 Å². The molecule has 0 bridgehead atoms. The van der Waals surface area contributed by atoms with Gasteiger partial charge in [0, 0.05) is 15.1 Å². The van der Waals surface area contributed by atoms with Gasteiger partial charge in [0.25, 0.3) is 0 Å². The molecule has 24 heavy (non-hydrogen) atoms. The second-order valence-corrected chi connectivity index (χ2v) is 6.52. The van der Waals surface area contributed by atoms with Crippen LogP contribution in [0, 0.1) is 11.3 Å². The summed E-state index contributed by atoms with van der Waals surface area (Å²) in [6, 6.07) is 14.6. The maximum atomic E-state index is 10.1. The number of nitriles is 1. The van der Waals surface area contributed by atoms with Gasteiger partial charge in [-0.05, 0) is 35.4 Å². The first-order valence-corrected chi connectivity index (χ1v) is 8.14. The van der Waals surface area contributed by atoms with E-state index < -0.39 is 5.41 Å². The zero-order valence-electron chi connectivity index (χ0n) is 12.3. The van der Waals surface area contributed by atoms with E-state index in [2.05, 4.69) is 16.2 Å². The van der Waals surface area contributed by atoms with Crippen molar-refractivity contribution in [2.24, 2.45) is 0 Å². The number of rotatable bonds is 4. The molecule has 0 radical (unpaired) electrons. The normalized spacial score (nSPS) is 13.2. The van der Waals surface area contributed by atoms with Gasteiger partial charge in [-0.3, -0.25) is 4.68 Å². The van der Waals surface area contributed by atoms with Crippen LogP contribution in [-0.2, 0) is 12.0 Å². The van der Waals surface area contributed by atoms with Crippen LogP contribution in [-0.4, -0.2) is 14.8 Å². The van der Waals surface area contributed by atoms with E-state index in [0.29, 0.717) is 20.6 Å². The number of halogens is 3. The van der Waals surface area contributed by atoms with Crippen molar-refractivity contribution in [1.29, 1.82) is 5.26 Å². The van der Waals surface area contributed by atoms with Gasteiger partial charge in [-0.25, -0.2) is 4.98 Å². The summed E-state index contributed by atoms with van der Waals surface area (Å²) < 4.78 is 1.60. The molecule has 0 aliphatic heterocycles. The Morgan fingerprint density at radius 3 is 2.33 bits per heavy atom. The number of hydrogen-bond acceptors (Lipinski definition) is 3. The molecule has 0 N–H and O–H groups in total. The molecule has 0 fully saturated rings. The van der Waals surface area contributed by atoms with E-state index in [4.69, 9.17) is 34.8 Å². The SMILES string of the molecule is N#CC(Cn1cncn1)(c1ccc(Cl)cc1)c1ccc(Cl)cc1Cl. The summed E-state index contributed by atoms with van der Waals surface area (Å²) in [6.07, 6.45) is 2.99. The highest BCUT2D eigenvalue weighted by Gasteiger charge is 2.37. The fourth-order valence-electron chi connectivity index (χ4n) is 2.62. The maximum absolute atomic E-state index is 10.1. The van der Waals surface area contributed by atoms with Crippen LogP contribution >= 0.6 is 34.8 Å². The molecule has 1 unspecified atom stereocenters. The fraction of sp³-hybridized carbons (Fsp3) is 0.118. The van der Waals surface area contributed by atoms with E-state index in [1.54, 1.807) is 41.3 Å². The summed E-state index contributed by atoms with van der Waals surface area (Å²) in [5.41, 5.74) is 0.350. The molecule has 3 aromatic rings. The lowest BCUT2D eigenvalue weighted by Crippen LogP contribution is -2.32. The predicted octanol–water partition coefficient (Wildman–Crippen LogP) is 4.75. The Hall–Kier alpha value is -2.06. The minimum absolute atomic E-state index is 0.256. The molecule has 3 rings (SSSR count). The first-order chi connectivity index (χ1) is 11.5. The molecular formula is C17H11Cl3N4. The van der Waals surface area contributed by atoms with E-state index in [1.807, 2.05) is 12.1 Å². The van der Waals surface area contributed by atoms with Crippen molar-refractivity contribution in [2.45, 2.75) is 12.0 Å². The summed E-state index contributed by atoms with van der Waals surface area (Å²) >= 11 is 18.4. The van der Waals surface area contributed by atoms with Crippen LogP contribution in [0.15, 0.2) is 55.1 Å². The highest BCUT2D eigenvalue weighted by molar-refractivity contribution is 6.35. The van der Waals surface area contributed by atoms with E-state index in [9.17, 15) is 5.26 Å². The van der Waals surface area contributed by atoms with E-state index in [1.165, 1.54) is 6.33 Å². The Kier molecular flexibility index (Phi) is 4.77. The largest absolute Gasteiger partial charge is 0.251 e. The average Bonchev–Trinajstić information content (AvgIpc) is 3.07. The van der Waals surface area contributed by atoms with Gasteiger partial charge in [-0.15, -0.1) is 0 Å². The lowest BCUT2D eigenvalue weighted by Gasteiger charge is -2.28. The fourth-order valence-corrected chi connectivity index (χ4v) is 3.32. The zero-order chi connectivity index (χ0) is 17.2. The van der Waals surface area contributed by atoms with Gasteiger partial charge in [0.05, 0.1) is 12.6 Å². The molecule has 2 aromatic carbocycles. The molecule has 4 nitrogen and oxygen atoms in total. The second-order valence-electron chi connectivity index (χ2n) is 5.24. The van der Waals surface area contributed by atoms with Crippen LogP contribution in [0.25, 0.3) is 0 Å². The smallest absolute Gasteiger partial charge is 0.137 e. The van der Waals surface area contributed by atoms with Crippen molar-refractivity contribution in [3.63, 3.8) is 0 Å². The highest BCUT2D eigenvalue weighted by atomic mass is 35.5. The minimum atomic E-state index is -1.06. The predicted molar refractivity (Wildman–Crippen MR) is 94.3 cm³/mol. The lowest BCUT2D eigenvalue weighted by molar-refractivity contribution is 0.487. The van der Waals surface area contributed by atoms with Crippen LogP contribution in [0.4, 0.5) is 0 Å². The first-order valence-electron chi connectivity index (χ1n) is 7.00. The Balaban J connectivity index is 2.22. The third kappa shape index (κ3) is 3.11. The minimum Gasteiger partial charge on any atom is -0.251 e. The number of aromatic nitrogens is 3. The molecular weight excluding hydrogens is 367 g/mol. The second kappa shape index (κ2) is 6.82. The summed E-state index contributed by atoms with van der Waals surface area (Å²) in [6.45, 7) is 0.256. The van der Waals surface area contributed by atoms with E-state index in [-0.39, 0.29) is 6.54 Å². The van der Waals surface area contributed by atoms with Crippen LogP contribution in [0.5, 0.6) is 0 Å². The highest BCUT2D eigenvalue weighted by Crippen LogP contribution is 2.39. The summed E-state index contributed by atoms with van der Waals surface area (Å²) in [5, 5.41) is 15.7. The summed E-state index contributed by atoms with van der Waals surface area (Å²) in [4.78, 5) is 3.95. The van der Waals surface area contributed by atoms with E-state index in [0.717, 1.165) is 5.56 Å². The molecule has 1 heterocycles. The average molecular weight is 378 g/mol. The third-order valence-corrected chi connectivity index (χ3v) is 4.58. The maximum Gasteiger partial charge on any atom is 0.137 e. The number of nitrogens with zero attached hydrogens (tertiary/aromatic N) is 4. The third-order valence-electron chi connectivity index (χ3n) is 3.78. The molecule has 0 aliphatic rings. The molecule has 0 aliphatic carbocycles. The van der Waals surface area contributed by atoms with Crippen LogP contribution in [0.3, 0.4) is 0 Å². The van der Waals surface area contributed by atoms with Crippen molar-refractivity contribution < 1.29 is 0 Å². The Labute approximate surface area is 154 Å². The molecule has 0 saturated heterocycles. The monoisotopic (exact) mass is 376 g/mol. The Bertz CT molecular complexity index is 885. The van der Waals surface area contributed by atoms with Gasteiger partial charge in [0.2, 0.25) is 0 Å². The van der Waals surface area contributed by atoms with Crippen LogP contribution in [0.1, 0.15) is 11.1 Å². The molecule has 0 amide bonds. The molecule has 1 aromatic heterocycles. The van der Waals surface area contributed by atoms with Crippen LogP contribution in [0.2, 0.25) is 15.1 Å². The summed E-state index contributed by atoms with van der Waals surface area (Å²) in [5.74, 6) is 0. The lowest BCUT2D eigenvalue weighted by atomic mass is 9.75. The van der Waals surface area contributed by atoms with Gasteiger partial charge in [0.15, 0.2) is 0 Å². The number of benzene rings is 2. The van der Waals surface area contributed by atoms with Crippen LogP contribution < -0.4 is 0 Å². The van der Waals surface area contributed by atoms with Crippen molar-refractivity contribution in [2.75, 3.05) is 0 Å². The molecule has 0 saturated carbocycles. The van der Waals surface area contributed by atoms with Crippen molar-refractivity contribution in [3.8, 4) is 6.07 Å². The molecule has 0 spiro atoms. The molecule has 1 atom stereocenters. The van der Waals surface area contributed by atoms with Crippen molar-refractivity contribution in [3.05, 3.63) is 81.3 Å². The van der Waals surface area contributed by atoms with E-state index >= 15 is 0 Å².